The molecule has 0 aliphatic carbocycles. The Bertz CT molecular complexity index is 714. The van der Waals surface area contributed by atoms with E-state index in [9.17, 15) is 87.8 Å². The second kappa shape index (κ2) is 8.84. The van der Waals surface area contributed by atoms with E-state index in [1.54, 1.807) is 0 Å². The first-order valence-electron chi connectivity index (χ1n) is 7.42. The van der Waals surface area contributed by atoms with Crippen LogP contribution in [-0.4, -0.2) is 60.5 Å². The third-order valence-corrected chi connectivity index (χ3v) is 3.91. The van der Waals surface area contributed by atoms with Gasteiger partial charge in [0, 0.05) is 6.42 Å². The minimum Gasteiger partial charge on any atom is -0.251 e. The summed E-state index contributed by atoms with van der Waals surface area (Å²) in [6.07, 6.45) is -28.2. The first kappa shape index (κ1) is 31.3. The molecule has 0 aromatic rings. The van der Waals surface area contributed by atoms with Gasteiger partial charge in [0.2, 0.25) is 18.2 Å². The molecule has 0 aromatic carbocycles. The maximum absolute atomic E-state index is 13.6. The normalized spacial score (nSPS) is 18.5. The Labute approximate surface area is 168 Å². The van der Waals surface area contributed by atoms with Crippen LogP contribution in [0.25, 0.3) is 0 Å². The summed E-state index contributed by atoms with van der Waals surface area (Å²) in [6.45, 7) is -2.48. The Kier molecular flexibility index (Phi) is 8.40. The molecule has 20 heteroatoms. The van der Waals surface area contributed by atoms with Gasteiger partial charge < -0.3 is 0 Å². The van der Waals surface area contributed by atoms with Gasteiger partial charge in [-0.05, 0) is 0 Å². The van der Waals surface area contributed by atoms with Crippen molar-refractivity contribution in [2.24, 2.45) is 0 Å². The average molecular weight is 542 g/mol. The van der Waals surface area contributed by atoms with Gasteiger partial charge in [0.05, 0.1) is 6.67 Å². The standard InChI is InChI=1S/C13H6F20/c14-2-1-7(20,21)5(18)10(25,26)12(29,30)11(27,28)6(19)9(23,24)8(22,13(31,32)33)3(15)4(16)17/h5-6H,1-2H2. The molecule has 0 aliphatic rings. The number of rotatable bonds is 10. The summed E-state index contributed by atoms with van der Waals surface area (Å²) in [7, 11) is 0. The molecule has 0 nitrogen and oxygen atoms in total. The monoisotopic (exact) mass is 542 g/mol. The van der Waals surface area contributed by atoms with Gasteiger partial charge in [-0.3, -0.25) is 4.39 Å². The fourth-order valence-electron chi connectivity index (χ4n) is 2.05. The van der Waals surface area contributed by atoms with Gasteiger partial charge in [-0.25, -0.2) is 26.3 Å². The highest BCUT2D eigenvalue weighted by molar-refractivity contribution is 5.24. The lowest BCUT2D eigenvalue weighted by atomic mass is 9.85. The first-order valence-corrected chi connectivity index (χ1v) is 7.42. The summed E-state index contributed by atoms with van der Waals surface area (Å²) in [5, 5.41) is 0. The lowest BCUT2D eigenvalue weighted by Gasteiger charge is -2.41. The smallest absolute Gasteiger partial charge is 0.251 e. The largest absolute Gasteiger partial charge is 0.435 e. The summed E-state index contributed by atoms with van der Waals surface area (Å²) in [6, 6.07) is 0. The molecular weight excluding hydrogens is 536 g/mol. The van der Waals surface area contributed by atoms with Crippen LogP contribution in [-0.2, 0) is 0 Å². The second-order valence-corrected chi connectivity index (χ2v) is 6.10. The number of allylic oxidation sites excluding steroid dienone is 1. The molecule has 0 N–H and O–H groups in total. The average Bonchev–Trinajstić information content (AvgIpc) is 2.63. The fraction of sp³-hybridized carbons (Fsp3) is 0.846. The van der Waals surface area contributed by atoms with Crippen molar-refractivity contribution < 1.29 is 87.8 Å². The van der Waals surface area contributed by atoms with Crippen LogP contribution in [0, 0.1) is 0 Å². The third-order valence-electron chi connectivity index (χ3n) is 3.91. The molecule has 0 fully saturated rings. The molecule has 198 valence electrons. The molecule has 0 bridgehead atoms. The van der Waals surface area contributed by atoms with Gasteiger partial charge >= 0.3 is 41.6 Å². The highest BCUT2D eigenvalue weighted by Gasteiger charge is 2.87. The van der Waals surface area contributed by atoms with Crippen molar-refractivity contribution in [1.82, 2.24) is 0 Å². The van der Waals surface area contributed by atoms with E-state index >= 15 is 0 Å². The Morgan fingerprint density at radius 2 is 0.939 bits per heavy atom. The quantitative estimate of drug-likeness (QED) is 0.250. The van der Waals surface area contributed by atoms with Gasteiger partial charge in [0.25, 0.3) is 5.92 Å². The number of halogens is 20. The molecule has 0 saturated heterocycles. The Balaban J connectivity index is 6.83. The first-order chi connectivity index (χ1) is 14.2. The Morgan fingerprint density at radius 1 is 0.576 bits per heavy atom. The minimum atomic E-state index is -8.19. The molecule has 0 spiro atoms. The van der Waals surface area contributed by atoms with Crippen LogP contribution in [0.5, 0.6) is 0 Å². The van der Waals surface area contributed by atoms with Crippen LogP contribution in [0.1, 0.15) is 6.42 Å². The number of hydrogen-bond acceptors (Lipinski definition) is 0. The lowest BCUT2D eigenvalue weighted by molar-refractivity contribution is -0.384. The zero-order valence-electron chi connectivity index (χ0n) is 14.6. The molecule has 0 amide bonds. The molecule has 3 atom stereocenters. The molecule has 0 aliphatic heterocycles. The van der Waals surface area contributed by atoms with Crippen molar-refractivity contribution >= 4 is 0 Å². The predicted octanol–water partition coefficient (Wildman–Crippen LogP) is 7.55. The van der Waals surface area contributed by atoms with Gasteiger partial charge in [-0.2, -0.15) is 57.1 Å². The van der Waals surface area contributed by atoms with Gasteiger partial charge in [-0.15, -0.1) is 0 Å². The van der Waals surface area contributed by atoms with E-state index in [1.807, 2.05) is 0 Å². The molecule has 0 radical (unpaired) electrons. The van der Waals surface area contributed by atoms with E-state index in [4.69, 9.17) is 0 Å². The van der Waals surface area contributed by atoms with Crippen LogP contribution in [0.2, 0.25) is 0 Å². The lowest BCUT2D eigenvalue weighted by Crippen LogP contribution is -2.70. The van der Waals surface area contributed by atoms with Crippen LogP contribution in [0.15, 0.2) is 11.9 Å². The summed E-state index contributed by atoms with van der Waals surface area (Å²) in [4.78, 5) is 0. The number of alkyl halides is 17. The van der Waals surface area contributed by atoms with Gasteiger partial charge in [0.1, 0.15) is 0 Å². The molecular formula is C13H6F20. The second-order valence-electron chi connectivity index (χ2n) is 6.10. The molecule has 0 rings (SSSR count). The van der Waals surface area contributed by atoms with Crippen molar-refractivity contribution in [1.29, 1.82) is 0 Å². The summed E-state index contributed by atoms with van der Waals surface area (Å²) in [5.74, 6) is -43.2. The third kappa shape index (κ3) is 4.66. The Hall–Kier alpha value is -1.66. The van der Waals surface area contributed by atoms with Crippen molar-refractivity contribution in [3.8, 4) is 0 Å². The van der Waals surface area contributed by atoms with Crippen LogP contribution in [0.4, 0.5) is 87.8 Å². The van der Waals surface area contributed by atoms with Crippen LogP contribution >= 0.6 is 0 Å². The molecule has 0 heterocycles. The van der Waals surface area contributed by atoms with Crippen molar-refractivity contribution in [2.45, 2.75) is 60.2 Å². The van der Waals surface area contributed by atoms with Crippen molar-refractivity contribution in [3.05, 3.63) is 11.9 Å². The SMILES string of the molecule is FCCC(F)(F)C(F)C(F)(F)C(F)(F)C(F)(F)C(F)C(F)(F)C(F)(C(F)=C(F)F)C(F)(F)F. The molecule has 0 aromatic heterocycles. The Morgan fingerprint density at radius 3 is 1.24 bits per heavy atom. The van der Waals surface area contributed by atoms with E-state index in [0.717, 1.165) is 0 Å². The highest BCUT2D eigenvalue weighted by atomic mass is 19.4. The predicted molar refractivity (Wildman–Crippen MR) is 65.4 cm³/mol. The van der Waals surface area contributed by atoms with Gasteiger partial charge in [0.15, 0.2) is 0 Å². The summed E-state index contributed by atoms with van der Waals surface area (Å²) < 4.78 is 260. The van der Waals surface area contributed by atoms with E-state index in [0.29, 0.717) is 0 Å². The molecule has 3 unspecified atom stereocenters. The minimum absolute atomic E-state index is 2.48. The zero-order chi connectivity index (χ0) is 27.2. The van der Waals surface area contributed by atoms with Crippen molar-refractivity contribution in [3.63, 3.8) is 0 Å². The maximum Gasteiger partial charge on any atom is 0.435 e. The summed E-state index contributed by atoms with van der Waals surface area (Å²) >= 11 is 0. The fourth-order valence-corrected chi connectivity index (χ4v) is 2.05. The van der Waals surface area contributed by atoms with E-state index < -0.39 is 78.8 Å². The highest BCUT2D eigenvalue weighted by Crippen LogP contribution is 2.60. The van der Waals surface area contributed by atoms with E-state index in [-0.39, 0.29) is 0 Å². The number of hydrogen-bond donors (Lipinski definition) is 0. The zero-order valence-corrected chi connectivity index (χ0v) is 14.6. The molecule has 33 heavy (non-hydrogen) atoms. The maximum atomic E-state index is 13.6. The summed E-state index contributed by atoms with van der Waals surface area (Å²) in [5.41, 5.74) is -7.89. The van der Waals surface area contributed by atoms with Crippen molar-refractivity contribution in [2.75, 3.05) is 6.67 Å². The molecule has 0 saturated carbocycles. The topological polar surface area (TPSA) is 0 Å². The van der Waals surface area contributed by atoms with Crippen LogP contribution in [0.3, 0.4) is 0 Å². The van der Waals surface area contributed by atoms with Crippen LogP contribution < -0.4 is 0 Å². The van der Waals surface area contributed by atoms with E-state index in [2.05, 4.69) is 0 Å². The van der Waals surface area contributed by atoms with E-state index in [1.165, 1.54) is 0 Å². The van der Waals surface area contributed by atoms with Gasteiger partial charge in [-0.1, -0.05) is 0 Å².